The van der Waals surface area contributed by atoms with Crippen molar-refractivity contribution < 1.29 is 22.7 Å². The van der Waals surface area contributed by atoms with Crippen LogP contribution in [0.3, 0.4) is 0 Å². The lowest BCUT2D eigenvalue weighted by atomic mass is 9.96. The molecule has 1 aromatic rings. The summed E-state index contributed by atoms with van der Waals surface area (Å²) in [6, 6.07) is 6.78. The van der Waals surface area contributed by atoms with Gasteiger partial charge in [0.15, 0.2) is 6.61 Å². The summed E-state index contributed by atoms with van der Waals surface area (Å²) >= 11 is 0. The molecule has 7 heteroatoms. The number of alkyl halides is 3. The van der Waals surface area contributed by atoms with Crippen LogP contribution in [0.1, 0.15) is 11.1 Å². The van der Waals surface area contributed by atoms with Crippen molar-refractivity contribution in [2.24, 2.45) is 0 Å². The van der Waals surface area contributed by atoms with Gasteiger partial charge in [-0.1, -0.05) is 24.3 Å². The molecule has 1 aromatic carbocycles. The third kappa shape index (κ3) is 4.40. The lowest BCUT2D eigenvalue weighted by Crippen LogP contribution is -2.43. The van der Waals surface area contributed by atoms with Crippen molar-refractivity contribution in [3.05, 3.63) is 35.4 Å². The van der Waals surface area contributed by atoms with Gasteiger partial charge in [0.2, 0.25) is 0 Å². The van der Waals surface area contributed by atoms with Gasteiger partial charge in [0.25, 0.3) is 0 Å². The third-order valence-corrected chi connectivity index (χ3v) is 2.74. The van der Waals surface area contributed by atoms with Gasteiger partial charge in [-0.15, -0.1) is 12.4 Å². The lowest BCUT2D eigenvalue weighted by molar-refractivity contribution is -0.187. The third-order valence-electron chi connectivity index (χ3n) is 2.74. The van der Waals surface area contributed by atoms with E-state index >= 15 is 0 Å². The zero-order chi connectivity index (χ0) is 13.2. The summed E-state index contributed by atoms with van der Waals surface area (Å²) in [6.07, 6.45) is -4.13. The lowest BCUT2D eigenvalue weighted by Gasteiger charge is -2.24. The number of carbonyl (C=O) groups is 1. The molecule has 0 saturated carbocycles. The largest absolute Gasteiger partial charge is 0.455 e. The van der Waals surface area contributed by atoms with Crippen molar-refractivity contribution in [1.82, 2.24) is 5.32 Å². The fourth-order valence-corrected chi connectivity index (χ4v) is 1.87. The van der Waals surface area contributed by atoms with E-state index in [1.807, 2.05) is 24.3 Å². The Labute approximate surface area is 114 Å². The van der Waals surface area contributed by atoms with Crippen LogP contribution in [0.25, 0.3) is 0 Å². The first kappa shape index (κ1) is 15.8. The Morgan fingerprint density at radius 1 is 1.32 bits per heavy atom. The number of esters is 1. The molecule has 0 fully saturated rings. The molecule has 0 spiro atoms. The second-order valence-corrected chi connectivity index (χ2v) is 4.13. The molecule has 19 heavy (non-hydrogen) atoms. The molecule has 0 amide bonds. The normalized spacial score (nSPS) is 18.2. The fourth-order valence-electron chi connectivity index (χ4n) is 1.87. The topological polar surface area (TPSA) is 38.3 Å². The molecule has 0 aromatic heterocycles. The van der Waals surface area contributed by atoms with E-state index in [0.717, 1.165) is 11.1 Å². The van der Waals surface area contributed by atoms with Crippen molar-refractivity contribution in [3.63, 3.8) is 0 Å². The zero-order valence-corrected chi connectivity index (χ0v) is 10.7. The summed E-state index contributed by atoms with van der Waals surface area (Å²) in [4.78, 5) is 11.5. The van der Waals surface area contributed by atoms with Crippen molar-refractivity contribution in [3.8, 4) is 0 Å². The average molecular weight is 296 g/mol. The molecule has 1 heterocycles. The maximum Gasteiger partial charge on any atom is 0.422 e. The van der Waals surface area contributed by atoms with E-state index in [1.165, 1.54) is 0 Å². The SMILES string of the molecule is Cl.O=C(OCC(F)(F)F)[C@@H]1Cc2ccccc2CN1. The van der Waals surface area contributed by atoms with Crippen LogP contribution < -0.4 is 5.32 Å². The minimum atomic E-state index is -4.48. The number of rotatable bonds is 2. The average Bonchev–Trinajstić information content (AvgIpc) is 2.34. The molecular formula is C12H13ClF3NO2. The van der Waals surface area contributed by atoms with Gasteiger partial charge in [-0.05, 0) is 17.5 Å². The summed E-state index contributed by atoms with van der Waals surface area (Å²) in [5.74, 6) is -0.859. The van der Waals surface area contributed by atoms with Gasteiger partial charge in [-0.2, -0.15) is 13.2 Å². The molecule has 1 aliphatic rings. The predicted molar refractivity (Wildman–Crippen MR) is 65.0 cm³/mol. The number of halogens is 4. The smallest absolute Gasteiger partial charge is 0.422 e. The molecule has 0 saturated heterocycles. The molecule has 0 bridgehead atoms. The number of fused-ring (bicyclic) bond motifs is 1. The Balaban J connectivity index is 0.00000180. The number of carbonyl (C=O) groups excluding carboxylic acids is 1. The molecule has 1 aliphatic heterocycles. The molecule has 1 atom stereocenters. The van der Waals surface area contributed by atoms with Crippen LogP contribution in [-0.4, -0.2) is 24.8 Å². The highest BCUT2D eigenvalue weighted by molar-refractivity contribution is 5.85. The number of nitrogens with one attached hydrogen (secondary N) is 1. The summed E-state index contributed by atoms with van der Waals surface area (Å²) < 4.78 is 40.0. The maximum absolute atomic E-state index is 11.9. The molecule has 1 N–H and O–H groups in total. The molecule has 0 aliphatic carbocycles. The van der Waals surface area contributed by atoms with Gasteiger partial charge in [-0.25, -0.2) is 0 Å². The van der Waals surface area contributed by atoms with E-state index in [1.54, 1.807) is 0 Å². The second kappa shape index (κ2) is 6.25. The predicted octanol–water partition coefficient (Wildman–Crippen LogP) is 2.23. The monoisotopic (exact) mass is 295 g/mol. The minimum absolute atomic E-state index is 0. The Kier molecular flexibility index (Phi) is 5.20. The molecule has 2 rings (SSSR count). The Morgan fingerprint density at radius 2 is 1.95 bits per heavy atom. The maximum atomic E-state index is 11.9. The Morgan fingerprint density at radius 3 is 2.58 bits per heavy atom. The van der Waals surface area contributed by atoms with Gasteiger partial charge < -0.3 is 10.1 Å². The highest BCUT2D eigenvalue weighted by Crippen LogP contribution is 2.18. The van der Waals surface area contributed by atoms with E-state index < -0.39 is 24.8 Å². The van der Waals surface area contributed by atoms with Crippen LogP contribution >= 0.6 is 12.4 Å². The fraction of sp³-hybridized carbons (Fsp3) is 0.417. The first-order valence-electron chi connectivity index (χ1n) is 5.49. The van der Waals surface area contributed by atoms with E-state index in [0.29, 0.717) is 13.0 Å². The van der Waals surface area contributed by atoms with E-state index in [-0.39, 0.29) is 12.4 Å². The van der Waals surface area contributed by atoms with Gasteiger partial charge >= 0.3 is 12.1 Å². The van der Waals surface area contributed by atoms with E-state index in [9.17, 15) is 18.0 Å². The van der Waals surface area contributed by atoms with Gasteiger partial charge in [0, 0.05) is 6.54 Å². The van der Waals surface area contributed by atoms with Crippen molar-refractivity contribution in [1.29, 1.82) is 0 Å². The second-order valence-electron chi connectivity index (χ2n) is 4.13. The van der Waals surface area contributed by atoms with Crippen LogP contribution in [-0.2, 0) is 22.5 Å². The molecule has 0 unspecified atom stereocenters. The number of benzene rings is 1. The Bertz CT molecular complexity index is 451. The van der Waals surface area contributed by atoms with Crippen LogP contribution in [0.15, 0.2) is 24.3 Å². The van der Waals surface area contributed by atoms with Crippen LogP contribution in [0, 0.1) is 0 Å². The first-order chi connectivity index (χ1) is 8.46. The van der Waals surface area contributed by atoms with Crippen molar-refractivity contribution in [2.45, 2.75) is 25.2 Å². The van der Waals surface area contributed by atoms with Crippen LogP contribution in [0.5, 0.6) is 0 Å². The molecule has 0 radical (unpaired) electrons. The molecule has 3 nitrogen and oxygen atoms in total. The van der Waals surface area contributed by atoms with Crippen molar-refractivity contribution in [2.75, 3.05) is 6.61 Å². The Hall–Kier alpha value is -1.27. The minimum Gasteiger partial charge on any atom is -0.455 e. The van der Waals surface area contributed by atoms with Crippen molar-refractivity contribution >= 4 is 18.4 Å². The summed E-state index contributed by atoms with van der Waals surface area (Å²) in [5, 5.41) is 2.87. The van der Waals surface area contributed by atoms with Crippen LogP contribution in [0.2, 0.25) is 0 Å². The number of ether oxygens (including phenoxy) is 1. The summed E-state index contributed by atoms with van der Waals surface area (Å²) in [6.45, 7) is -1.08. The quantitative estimate of drug-likeness (QED) is 0.850. The molecular weight excluding hydrogens is 283 g/mol. The standard InChI is InChI=1S/C12H12F3NO2.ClH/c13-12(14,15)7-18-11(17)10-5-8-3-1-2-4-9(8)6-16-10;/h1-4,10,16H,5-7H2;1H/t10-;/m0./s1. The summed E-state index contributed by atoms with van der Waals surface area (Å²) in [7, 11) is 0. The zero-order valence-electron chi connectivity index (χ0n) is 9.87. The molecule has 106 valence electrons. The first-order valence-corrected chi connectivity index (χ1v) is 5.49. The van der Waals surface area contributed by atoms with Gasteiger partial charge in [0.1, 0.15) is 6.04 Å². The van der Waals surface area contributed by atoms with E-state index in [2.05, 4.69) is 10.1 Å². The van der Waals surface area contributed by atoms with Gasteiger partial charge in [-0.3, -0.25) is 4.79 Å². The van der Waals surface area contributed by atoms with Gasteiger partial charge in [0.05, 0.1) is 0 Å². The highest BCUT2D eigenvalue weighted by atomic mass is 35.5. The summed E-state index contributed by atoms with van der Waals surface area (Å²) in [5.41, 5.74) is 2.02. The van der Waals surface area contributed by atoms with E-state index in [4.69, 9.17) is 0 Å². The number of hydrogen-bond donors (Lipinski definition) is 1. The number of hydrogen-bond acceptors (Lipinski definition) is 3. The highest BCUT2D eigenvalue weighted by Gasteiger charge is 2.32. The van der Waals surface area contributed by atoms with Crippen LogP contribution in [0.4, 0.5) is 13.2 Å².